The van der Waals surface area contributed by atoms with E-state index in [1.807, 2.05) is 18.2 Å². The molecule has 0 aliphatic carbocycles. The maximum atomic E-state index is 13.4. The predicted molar refractivity (Wildman–Crippen MR) is 110 cm³/mol. The molecule has 0 spiro atoms. The van der Waals surface area contributed by atoms with Crippen molar-refractivity contribution in [2.45, 2.75) is 32.2 Å². The minimum atomic E-state index is -4.66. The Kier molecular flexibility index (Phi) is 6.52. The van der Waals surface area contributed by atoms with Crippen LogP contribution in [0.15, 0.2) is 42.5 Å². The molecule has 1 aliphatic rings. The number of carbonyl (C=O) groups excluding carboxylic acids is 2. The lowest BCUT2D eigenvalue weighted by Gasteiger charge is -2.39. The van der Waals surface area contributed by atoms with Gasteiger partial charge in [-0.2, -0.15) is 13.2 Å². The van der Waals surface area contributed by atoms with Gasteiger partial charge in [-0.15, -0.1) is 0 Å². The van der Waals surface area contributed by atoms with Crippen molar-refractivity contribution in [2.75, 3.05) is 25.1 Å². The zero-order chi connectivity index (χ0) is 23.5. The summed E-state index contributed by atoms with van der Waals surface area (Å²) in [5, 5.41) is 2.54. The van der Waals surface area contributed by atoms with Gasteiger partial charge in [-0.3, -0.25) is 4.79 Å². The van der Waals surface area contributed by atoms with Crippen molar-refractivity contribution in [1.29, 1.82) is 0 Å². The van der Waals surface area contributed by atoms with Crippen LogP contribution in [-0.4, -0.2) is 37.8 Å². The second kappa shape index (κ2) is 8.97. The highest BCUT2D eigenvalue weighted by Crippen LogP contribution is 2.46. The summed E-state index contributed by atoms with van der Waals surface area (Å²) in [6.07, 6.45) is -5.34. The van der Waals surface area contributed by atoms with Crippen LogP contribution in [0.4, 0.5) is 23.7 Å². The number of methoxy groups -OCH3 is 1. The number of anilines is 1. The number of hydrogen-bond acceptors (Lipinski definition) is 5. The maximum Gasteiger partial charge on any atom is 0.420 e. The highest BCUT2D eigenvalue weighted by Gasteiger charge is 2.43. The molecule has 1 N–H and O–H groups in total. The molecule has 2 amide bonds. The molecule has 0 saturated heterocycles. The van der Waals surface area contributed by atoms with Crippen molar-refractivity contribution in [3.8, 4) is 11.5 Å². The van der Waals surface area contributed by atoms with E-state index in [-0.39, 0.29) is 31.1 Å². The van der Waals surface area contributed by atoms with E-state index < -0.39 is 35.1 Å². The second-order valence-electron chi connectivity index (χ2n) is 7.58. The van der Waals surface area contributed by atoms with Crippen LogP contribution < -0.4 is 19.7 Å². The average molecular weight is 452 g/mol. The summed E-state index contributed by atoms with van der Waals surface area (Å²) in [5.74, 6) is -1.01. The van der Waals surface area contributed by atoms with Gasteiger partial charge < -0.3 is 24.4 Å². The van der Waals surface area contributed by atoms with E-state index in [0.717, 1.165) is 24.8 Å². The van der Waals surface area contributed by atoms with Crippen LogP contribution in [0.25, 0.3) is 0 Å². The van der Waals surface area contributed by atoms with E-state index in [1.54, 1.807) is 12.1 Å². The molecule has 0 radical (unpaired) electrons. The number of fused-ring (bicyclic) bond motifs is 1. The summed E-state index contributed by atoms with van der Waals surface area (Å²) in [6.45, 7) is 3.01. The average Bonchev–Trinajstić information content (AvgIpc) is 2.74. The summed E-state index contributed by atoms with van der Waals surface area (Å²) >= 11 is 0. The Morgan fingerprint density at radius 3 is 2.50 bits per heavy atom. The van der Waals surface area contributed by atoms with Gasteiger partial charge in [-0.25, -0.2) is 4.79 Å². The van der Waals surface area contributed by atoms with E-state index in [9.17, 15) is 22.8 Å². The minimum absolute atomic E-state index is 0.00637. The molecular weight excluding hydrogens is 429 g/mol. The van der Waals surface area contributed by atoms with Crippen molar-refractivity contribution in [2.24, 2.45) is 0 Å². The first-order valence-electron chi connectivity index (χ1n) is 9.77. The summed E-state index contributed by atoms with van der Waals surface area (Å²) in [7, 11) is 1.11. The molecule has 0 fully saturated rings. The fourth-order valence-electron chi connectivity index (χ4n) is 3.25. The first-order valence-corrected chi connectivity index (χ1v) is 9.77. The van der Waals surface area contributed by atoms with Crippen LogP contribution in [0.2, 0.25) is 0 Å². The van der Waals surface area contributed by atoms with Gasteiger partial charge in [0.25, 0.3) is 5.91 Å². The zero-order valence-corrected chi connectivity index (χ0v) is 17.8. The van der Waals surface area contributed by atoms with Crippen molar-refractivity contribution >= 4 is 17.7 Å². The Balaban J connectivity index is 1.73. The second-order valence-corrected chi connectivity index (χ2v) is 7.58. The third-order valence-corrected chi connectivity index (χ3v) is 4.82. The molecule has 2 aromatic rings. The third-order valence-electron chi connectivity index (χ3n) is 4.82. The van der Waals surface area contributed by atoms with Crippen LogP contribution in [0.3, 0.4) is 0 Å². The quantitative estimate of drug-likeness (QED) is 0.713. The van der Waals surface area contributed by atoms with Crippen molar-refractivity contribution in [1.82, 2.24) is 5.32 Å². The summed E-state index contributed by atoms with van der Waals surface area (Å²) < 4.78 is 55.7. The van der Waals surface area contributed by atoms with Gasteiger partial charge in [0.05, 0.1) is 12.8 Å². The molecular formula is C22H23F3N2O5. The number of ether oxygens (including phenoxy) is 3. The Morgan fingerprint density at radius 2 is 1.88 bits per heavy atom. The number of benzene rings is 2. The maximum absolute atomic E-state index is 13.4. The Bertz CT molecular complexity index is 993. The molecule has 3 rings (SSSR count). The van der Waals surface area contributed by atoms with Gasteiger partial charge in [0, 0.05) is 19.2 Å². The highest BCUT2D eigenvalue weighted by atomic mass is 19.4. The van der Waals surface area contributed by atoms with E-state index >= 15 is 0 Å². The first kappa shape index (κ1) is 23.2. The van der Waals surface area contributed by atoms with E-state index in [2.05, 4.69) is 5.32 Å². The fraction of sp³-hybridized carbons (Fsp3) is 0.364. The largest absolute Gasteiger partial charge is 0.496 e. The lowest BCUT2D eigenvalue weighted by atomic mass is 10.0. The lowest BCUT2D eigenvalue weighted by molar-refractivity contribution is -0.139. The molecule has 32 heavy (non-hydrogen) atoms. The van der Waals surface area contributed by atoms with Gasteiger partial charge in [0.2, 0.25) is 0 Å². The molecule has 10 heteroatoms. The van der Waals surface area contributed by atoms with Crippen molar-refractivity contribution in [3.63, 3.8) is 0 Å². The lowest BCUT2D eigenvalue weighted by Crippen LogP contribution is -2.54. The van der Waals surface area contributed by atoms with Gasteiger partial charge in [-0.05, 0) is 25.5 Å². The molecule has 2 aromatic carbocycles. The van der Waals surface area contributed by atoms with Crippen molar-refractivity contribution in [3.05, 3.63) is 53.6 Å². The fourth-order valence-corrected chi connectivity index (χ4v) is 3.25. The molecule has 1 aliphatic heterocycles. The molecule has 0 saturated carbocycles. The number of nitrogens with zero attached hydrogens (tertiary/aromatic N) is 1. The molecule has 7 nitrogen and oxygen atoms in total. The van der Waals surface area contributed by atoms with Gasteiger partial charge in [-0.1, -0.05) is 30.3 Å². The van der Waals surface area contributed by atoms with Crippen LogP contribution in [0.1, 0.15) is 25.0 Å². The molecule has 1 heterocycles. The van der Waals surface area contributed by atoms with Crippen LogP contribution in [0.5, 0.6) is 11.5 Å². The highest BCUT2D eigenvalue weighted by molar-refractivity contribution is 6.02. The number of alkyl carbamates (subject to hydrolysis) is 1. The standard InChI is InChI=1S/C22H23F3N2O5/c1-21(2)19(28)27(10-9-26-20(29)31-13-14-7-5-4-6-8-14)16-12-17(30-3)15(22(23,24)25)11-18(16)32-21/h4-8,11-12H,9-10,13H2,1-3H3,(H,26,29). The summed E-state index contributed by atoms with van der Waals surface area (Å²) in [6, 6.07) is 11.0. The van der Waals surface area contributed by atoms with Crippen molar-refractivity contribution < 1.29 is 37.0 Å². The third kappa shape index (κ3) is 5.06. The number of rotatable bonds is 6. The van der Waals surface area contributed by atoms with Gasteiger partial charge in [0.15, 0.2) is 5.60 Å². The molecule has 172 valence electrons. The molecule has 0 bridgehead atoms. The molecule has 0 atom stereocenters. The summed E-state index contributed by atoms with van der Waals surface area (Å²) in [5.41, 5.74) is -1.46. The minimum Gasteiger partial charge on any atom is -0.496 e. The van der Waals surface area contributed by atoms with Crippen LogP contribution >= 0.6 is 0 Å². The Labute approximate surface area is 183 Å². The van der Waals surface area contributed by atoms with E-state index in [0.29, 0.717) is 0 Å². The van der Waals surface area contributed by atoms with E-state index in [4.69, 9.17) is 14.2 Å². The monoisotopic (exact) mass is 452 g/mol. The summed E-state index contributed by atoms with van der Waals surface area (Å²) in [4.78, 5) is 26.1. The number of carbonyl (C=O) groups is 2. The van der Waals surface area contributed by atoms with Gasteiger partial charge >= 0.3 is 12.3 Å². The smallest absolute Gasteiger partial charge is 0.420 e. The van der Waals surface area contributed by atoms with Crippen LogP contribution in [0, 0.1) is 0 Å². The van der Waals surface area contributed by atoms with E-state index in [1.165, 1.54) is 18.7 Å². The predicted octanol–water partition coefficient (Wildman–Crippen LogP) is 4.14. The molecule has 0 aromatic heterocycles. The first-order chi connectivity index (χ1) is 15.0. The Morgan fingerprint density at radius 1 is 1.19 bits per heavy atom. The number of alkyl halides is 3. The molecule has 0 unspecified atom stereocenters. The number of nitrogens with one attached hydrogen (secondary N) is 1. The Hall–Kier alpha value is -3.43. The van der Waals surface area contributed by atoms with Crippen LogP contribution in [-0.2, 0) is 22.3 Å². The SMILES string of the molecule is COc1cc2c(cc1C(F)(F)F)OC(C)(C)C(=O)N2CCNC(=O)OCc1ccccc1. The number of hydrogen-bond donors (Lipinski definition) is 1. The van der Waals surface area contributed by atoms with Gasteiger partial charge in [0.1, 0.15) is 23.7 Å². The topological polar surface area (TPSA) is 77.1 Å². The number of halogens is 3. The normalized spacial score (nSPS) is 14.9. The zero-order valence-electron chi connectivity index (χ0n) is 17.8. The number of amides is 2.